The highest BCUT2D eigenvalue weighted by Gasteiger charge is 2.64. The maximum atomic E-state index is 11.7. The van der Waals surface area contributed by atoms with E-state index in [4.69, 9.17) is 14.2 Å². The Labute approximate surface area is 116 Å². The van der Waals surface area contributed by atoms with Crippen molar-refractivity contribution in [3.8, 4) is 0 Å². The number of hydrogen-bond acceptors (Lipinski definition) is 8. The number of carbonyl (C=O) groups excluding carboxylic acids is 1. The van der Waals surface area contributed by atoms with Crippen molar-refractivity contribution in [1.82, 2.24) is 19.5 Å². The fraction of sp³-hybridized carbons (Fsp3) is 0.455. The van der Waals surface area contributed by atoms with Gasteiger partial charge in [0.15, 0.2) is 35.4 Å². The lowest BCUT2D eigenvalue weighted by atomic mass is 9.99. The highest BCUT2D eigenvalue weighted by atomic mass is 16.8. The highest BCUT2D eigenvalue weighted by molar-refractivity contribution is 5.69. The summed E-state index contributed by atoms with van der Waals surface area (Å²) in [7, 11) is 0. The number of rotatable bonds is 1. The summed E-state index contributed by atoms with van der Waals surface area (Å²) in [5, 5.41) is 9.88. The predicted octanol–water partition coefficient (Wildman–Crippen LogP) is -0.739. The lowest BCUT2D eigenvalue weighted by Gasteiger charge is -2.25. The first-order valence-electron chi connectivity index (χ1n) is 6.14. The van der Waals surface area contributed by atoms with Crippen LogP contribution in [0.5, 0.6) is 0 Å². The number of imidazole rings is 1. The fourth-order valence-corrected chi connectivity index (χ4v) is 2.73. The number of H-pyrrole nitrogens is 1. The van der Waals surface area contributed by atoms with Gasteiger partial charge in [-0.1, -0.05) is 0 Å². The second kappa shape index (κ2) is 3.80. The summed E-state index contributed by atoms with van der Waals surface area (Å²) in [6, 6.07) is 0. The minimum absolute atomic E-state index is 0.118. The van der Waals surface area contributed by atoms with Crippen LogP contribution in [0.1, 0.15) is 13.2 Å². The van der Waals surface area contributed by atoms with Gasteiger partial charge in [-0.25, -0.2) is 14.8 Å². The van der Waals surface area contributed by atoms with E-state index in [0.29, 0.717) is 0 Å². The van der Waals surface area contributed by atoms with Crippen molar-refractivity contribution in [2.45, 2.75) is 31.1 Å². The van der Waals surface area contributed by atoms with Crippen molar-refractivity contribution < 1.29 is 24.1 Å². The van der Waals surface area contributed by atoms with E-state index >= 15 is 0 Å². The van der Waals surface area contributed by atoms with E-state index in [0.717, 1.165) is 0 Å². The number of aliphatic hydroxyl groups excluding tert-OH is 1. The van der Waals surface area contributed by atoms with Crippen molar-refractivity contribution in [1.29, 1.82) is 0 Å². The zero-order chi connectivity index (χ0) is 14.8. The van der Waals surface area contributed by atoms with Crippen LogP contribution in [0.3, 0.4) is 0 Å². The van der Waals surface area contributed by atoms with Crippen LogP contribution in [0.15, 0.2) is 17.4 Å². The van der Waals surface area contributed by atoms with Gasteiger partial charge < -0.3 is 24.3 Å². The standard InChI is InChI=1S/C11H10N4O6/c1-11-5(19-10(18)21-11)8(17)20-9(11)15-3-14-4-6(15)12-2-13-7(4)16/h2-3,5,8-9,17H,1H3,(H,12,13,16)/t5-,8?,9-,11-/m1/s1. The number of hydrogen-bond donors (Lipinski definition) is 2. The number of carbonyl (C=O) groups is 1. The Balaban J connectivity index is 1.87. The van der Waals surface area contributed by atoms with Crippen molar-refractivity contribution in [2.24, 2.45) is 0 Å². The molecule has 2 fully saturated rings. The summed E-state index contributed by atoms with van der Waals surface area (Å²) >= 11 is 0. The lowest BCUT2D eigenvalue weighted by Crippen LogP contribution is -2.41. The van der Waals surface area contributed by atoms with Gasteiger partial charge in [-0.2, -0.15) is 0 Å². The molecule has 1 unspecified atom stereocenters. The first-order chi connectivity index (χ1) is 10.0. The minimum atomic E-state index is -1.34. The van der Waals surface area contributed by atoms with Crippen LogP contribution < -0.4 is 5.56 Å². The van der Waals surface area contributed by atoms with Crippen LogP contribution in [0.2, 0.25) is 0 Å². The molecule has 4 atom stereocenters. The molecule has 2 N–H and O–H groups in total. The topological polar surface area (TPSA) is 129 Å². The van der Waals surface area contributed by atoms with Gasteiger partial charge in [-0.15, -0.1) is 0 Å². The van der Waals surface area contributed by atoms with Gasteiger partial charge in [0.2, 0.25) is 0 Å². The number of aliphatic hydroxyl groups is 1. The van der Waals surface area contributed by atoms with Gasteiger partial charge in [-0.05, 0) is 6.92 Å². The van der Waals surface area contributed by atoms with Gasteiger partial charge in [0.25, 0.3) is 5.56 Å². The molecule has 0 radical (unpaired) electrons. The first kappa shape index (κ1) is 12.3. The van der Waals surface area contributed by atoms with Gasteiger partial charge >= 0.3 is 6.16 Å². The van der Waals surface area contributed by atoms with Crippen molar-refractivity contribution in [3.05, 3.63) is 23.0 Å². The Morgan fingerprint density at radius 3 is 3.05 bits per heavy atom. The molecule has 10 heteroatoms. The number of aromatic nitrogens is 4. The summed E-state index contributed by atoms with van der Waals surface area (Å²) in [6.45, 7) is 1.57. The molecule has 10 nitrogen and oxygen atoms in total. The summed E-state index contributed by atoms with van der Waals surface area (Å²) in [5.74, 6) is 0. The quantitative estimate of drug-likeness (QED) is 0.658. The largest absolute Gasteiger partial charge is 0.509 e. The Bertz CT molecular complexity index is 799. The second-order valence-electron chi connectivity index (χ2n) is 5.01. The summed E-state index contributed by atoms with van der Waals surface area (Å²) in [6.07, 6.45) is -1.54. The molecule has 0 saturated carbocycles. The zero-order valence-corrected chi connectivity index (χ0v) is 10.7. The molecule has 2 saturated heterocycles. The van der Waals surface area contributed by atoms with Crippen molar-refractivity contribution in [3.63, 3.8) is 0 Å². The molecule has 0 spiro atoms. The molecular weight excluding hydrogens is 284 g/mol. The lowest BCUT2D eigenvalue weighted by molar-refractivity contribution is -0.154. The average molecular weight is 294 g/mol. The molecule has 2 aromatic heterocycles. The molecule has 2 aromatic rings. The second-order valence-corrected chi connectivity index (χ2v) is 5.01. The maximum absolute atomic E-state index is 11.7. The fourth-order valence-electron chi connectivity index (χ4n) is 2.73. The minimum Gasteiger partial charge on any atom is -0.421 e. The normalized spacial score (nSPS) is 34.8. The number of ether oxygens (including phenoxy) is 3. The molecule has 0 aromatic carbocycles. The zero-order valence-electron chi connectivity index (χ0n) is 10.7. The molecule has 0 bridgehead atoms. The van der Waals surface area contributed by atoms with Gasteiger partial charge in [0, 0.05) is 0 Å². The molecule has 110 valence electrons. The molecule has 4 heterocycles. The average Bonchev–Trinajstić information content (AvgIpc) is 3.04. The van der Waals surface area contributed by atoms with Crippen molar-refractivity contribution in [2.75, 3.05) is 0 Å². The third kappa shape index (κ3) is 1.48. The van der Waals surface area contributed by atoms with Crippen molar-refractivity contribution >= 4 is 17.3 Å². The van der Waals surface area contributed by atoms with E-state index in [1.807, 2.05) is 0 Å². The molecular formula is C11H10N4O6. The monoisotopic (exact) mass is 294 g/mol. The molecule has 0 aliphatic carbocycles. The smallest absolute Gasteiger partial charge is 0.421 e. The van der Waals surface area contributed by atoms with Crippen LogP contribution in [0, 0.1) is 0 Å². The van der Waals surface area contributed by atoms with E-state index in [-0.39, 0.29) is 11.2 Å². The predicted molar refractivity (Wildman–Crippen MR) is 64.0 cm³/mol. The number of nitrogens with zero attached hydrogens (tertiary/aromatic N) is 3. The summed E-state index contributed by atoms with van der Waals surface area (Å²) in [4.78, 5) is 33.4. The molecule has 21 heavy (non-hydrogen) atoms. The molecule has 0 amide bonds. The van der Waals surface area contributed by atoms with Crippen LogP contribution in [0.25, 0.3) is 11.2 Å². The van der Waals surface area contributed by atoms with Gasteiger partial charge in [0.05, 0.1) is 12.7 Å². The summed E-state index contributed by atoms with van der Waals surface area (Å²) < 4.78 is 16.9. The van der Waals surface area contributed by atoms with E-state index < -0.39 is 35.9 Å². The van der Waals surface area contributed by atoms with Crippen LogP contribution >= 0.6 is 0 Å². The van der Waals surface area contributed by atoms with Crippen LogP contribution in [0.4, 0.5) is 4.79 Å². The highest BCUT2D eigenvalue weighted by Crippen LogP contribution is 2.46. The summed E-state index contributed by atoms with van der Waals surface area (Å²) in [5.41, 5.74) is -1.28. The molecule has 4 rings (SSSR count). The Morgan fingerprint density at radius 2 is 2.24 bits per heavy atom. The third-order valence-corrected chi connectivity index (χ3v) is 3.73. The number of aromatic amines is 1. The van der Waals surface area contributed by atoms with Crippen LogP contribution in [-0.2, 0) is 14.2 Å². The van der Waals surface area contributed by atoms with Gasteiger partial charge in [-0.3, -0.25) is 9.36 Å². The first-order valence-corrected chi connectivity index (χ1v) is 6.14. The molecule has 2 aliphatic rings. The van der Waals surface area contributed by atoms with Crippen LogP contribution in [-0.4, -0.2) is 48.8 Å². The van der Waals surface area contributed by atoms with E-state index in [1.165, 1.54) is 17.2 Å². The Kier molecular flexibility index (Phi) is 2.22. The van der Waals surface area contributed by atoms with E-state index in [1.54, 1.807) is 6.92 Å². The van der Waals surface area contributed by atoms with Gasteiger partial charge in [0.1, 0.15) is 0 Å². The Hall–Kier alpha value is -2.46. The Morgan fingerprint density at radius 1 is 1.43 bits per heavy atom. The van der Waals surface area contributed by atoms with E-state index in [9.17, 15) is 14.7 Å². The molecule has 2 aliphatic heterocycles. The van der Waals surface area contributed by atoms with E-state index in [2.05, 4.69) is 15.0 Å². The maximum Gasteiger partial charge on any atom is 0.509 e. The number of nitrogens with one attached hydrogen (secondary N) is 1. The number of fused-ring (bicyclic) bond motifs is 2. The SMILES string of the molecule is C[C@@]12OC(=O)O[C@@H]1C(O)O[C@H]2n1cnc2c(=O)[nH]cnc21. The third-order valence-electron chi connectivity index (χ3n) is 3.73.